The lowest BCUT2D eigenvalue weighted by Gasteiger charge is -2.40. The van der Waals surface area contributed by atoms with Gasteiger partial charge in [-0.2, -0.15) is 0 Å². The van der Waals surface area contributed by atoms with Gasteiger partial charge in [-0.1, -0.05) is 37.6 Å². The van der Waals surface area contributed by atoms with E-state index in [1.165, 1.54) is 12.1 Å². The number of phenols is 2. The zero-order valence-electron chi connectivity index (χ0n) is 16.0. The van der Waals surface area contributed by atoms with Crippen molar-refractivity contribution in [2.24, 2.45) is 0 Å². The van der Waals surface area contributed by atoms with E-state index in [1.54, 1.807) is 0 Å². The highest BCUT2D eigenvalue weighted by molar-refractivity contribution is 5.49. The van der Waals surface area contributed by atoms with Gasteiger partial charge in [0.2, 0.25) is 0 Å². The van der Waals surface area contributed by atoms with Crippen LogP contribution in [0.4, 0.5) is 0 Å². The smallest absolute Gasteiger partial charge is 0.125 e. The number of ether oxygens (including phenoxy) is 1. The van der Waals surface area contributed by atoms with E-state index in [9.17, 15) is 30.6 Å². The number of aryl methyl sites for hydroxylation is 1. The van der Waals surface area contributed by atoms with Crippen molar-refractivity contribution < 1.29 is 35.4 Å². The van der Waals surface area contributed by atoms with Gasteiger partial charge in [0.15, 0.2) is 0 Å². The second kappa shape index (κ2) is 10.6. The summed E-state index contributed by atoms with van der Waals surface area (Å²) >= 11 is 0. The summed E-state index contributed by atoms with van der Waals surface area (Å²) in [6, 6.07) is 2.94. The molecule has 0 unspecified atom stereocenters. The predicted molar refractivity (Wildman–Crippen MR) is 104 cm³/mol. The largest absolute Gasteiger partial charge is 0.507 e. The highest BCUT2D eigenvalue weighted by Gasteiger charge is 2.45. The topological polar surface area (TPSA) is 131 Å². The Kier molecular flexibility index (Phi) is 8.47. The molecule has 0 radical (unpaired) electrons. The van der Waals surface area contributed by atoms with Gasteiger partial charge in [-0.25, -0.2) is 0 Å². The molecule has 7 nitrogen and oxygen atoms in total. The first-order valence-corrected chi connectivity index (χ1v) is 9.57. The second-order valence-corrected chi connectivity index (χ2v) is 6.98. The van der Waals surface area contributed by atoms with E-state index in [0.717, 1.165) is 19.3 Å². The fourth-order valence-corrected chi connectivity index (χ4v) is 3.22. The maximum absolute atomic E-state index is 10.4. The lowest BCUT2D eigenvalue weighted by atomic mass is 9.89. The van der Waals surface area contributed by atoms with Crippen LogP contribution < -0.4 is 0 Å². The van der Waals surface area contributed by atoms with Crippen LogP contribution in [-0.4, -0.2) is 61.7 Å². The molecule has 2 rings (SSSR count). The highest BCUT2D eigenvalue weighted by atomic mass is 16.5. The van der Waals surface area contributed by atoms with Crippen molar-refractivity contribution in [2.75, 3.05) is 6.61 Å². The van der Waals surface area contributed by atoms with Crippen molar-refractivity contribution in [3.63, 3.8) is 0 Å². The summed E-state index contributed by atoms with van der Waals surface area (Å²) in [4.78, 5) is 0. The molecule has 156 valence electrons. The summed E-state index contributed by atoms with van der Waals surface area (Å²) < 4.78 is 5.41. The molecule has 0 spiro atoms. The number of phenolic OH excluding ortho intramolecular Hbond substituents is 2. The van der Waals surface area contributed by atoms with Crippen LogP contribution in [0.5, 0.6) is 11.5 Å². The first kappa shape index (κ1) is 22.4. The third kappa shape index (κ3) is 5.33. The van der Waals surface area contributed by atoms with Gasteiger partial charge >= 0.3 is 0 Å². The van der Waals surface area contributed by atoms with Crippen LogP contribution in [0.2, 0.25) is 0 Å². The van der Waals surface area contributed by atoms with Crippen LogP contribution in [0.15, 0.2) is 36.4 Å². The maximum atomic E-state index is 10.4. The van der Waals surface area contributed by atoms with Crippen LogP contribution in [0.25, 0.3) is 0 Å². The van der Waals surface area contributed by atoms with Crippen molar-refractivity contribution in [3.05, 3.63) is 47.6 Å². The van der Waals surface area contributed by atoms with Gasteiger partial charge < -0.3 is 35.4 Å². The number of unbranched alkanes of at least 4 members (excludes halogenated alkanes) is 1. The maximum Gasteiger partial charge on any atom is 0.125 e. The zero-order valence-corrected chi connectivity index (χ0v) is 16.0. The van der Waals surface area contributed by atoms with Gasteiger partial charge in [-0.3, -0.25) is 0 Å². The van der Waals surface area contributed by atoms with Gasteiger partial charge in [0.1, 0.15) is 42.0 Å². The van der Waals surface area contributed by atoms with Crippen LogP contribution >= 0.6 is 0 Å². The van der Waals surface area contributed by atoms with E-state index in [4.69, 9.17) is 4.74 Å². The molecule has 1 saturated heterocycles. The fourth-order valence-electron chi connectivity index (χ4n) is 3.22. The molecule has 0 amide bonds. The summed E-state index contributed by atoms with van der Waals surface area (Å²) in [5, 5.41) is 60.0. The minimum atomic E-state index is -1.58. The van der Waals surface area contributed by atoms with Crippen LogP contribution in [0.1, 0.15) is 43.4 Å². The summed E-state index contributed by atoms with van der Waals surface area (Å²) in [7, 11) is 0. The Labute approximate surface area is 164 Å². The summed E-state index contributed by atoms with van der Waals surface area (Å²) in [5.74, 6) is -0.572. The predicted octanol–water partition coefficient (Wildman–Crippen LogP) is 1.46. The molecule has 28 heavy (non-hydrogen) atoms. The molecule has 0 aromatic heterocycles. The SMILES string of the molecule is CCC/C=C\C=C\CCc1cc(O)c([C@@H]2O[C@H](CO)[C@@H](O)[C@H](O)[C@H]2O)c(O)c1. The number of hydrogen-bond donors (Lipinski definition) is 6. The molecular formula is C21H30O7. The Morgan fingerprint density at radius 3 is 2.11 bits per heavy atom. The number of hydrogen-bond acceptors (Lipinski definition) is 7. The standard InChI is InChI=1S/C21H30O7/c1-2-3-4-5-6-7-8-9-13-10-14(23)17(15(24)11-13)21-20(27)19(26)18(25)16(12-22)28-21/h4-7,10-11,16,18-27H,2-3,8-9,12H2,1H3/b5-4-,7-6+/t16-,18-,19+,20-,21+/m1/s1. The van der Waals surface area contributed by atoms with Crippen molar-refractivity contribution in [2.45, 2.75) is 63.1 Å². The van der Waals surface area contributed by atoms with E-state index < -0.39 is 37.1 Å². The molecule has 1 fully saturated rings. The molecule has 1 aliphatic rings. The second-order valence-electron chi connectivity index (χ2n) is 6.98. The normalized spacial score (nSPS) is 28.4. The van der Waals surface area contributed by atoms with Crippen LogP contribution in [0, 0.1) is 0 Å². The van der Waals surface area contributed by atoms with Gasteiger partial charge in [0, 0.05) is 0 Å². The van der Waals surface area contributed by atoms with E-state index in [2.05, 4.69) is 13.0 Å². The van der Waals surface area contributed by atoms with Gasteiger partial charge in [0.05, 0.1) is 12.2 Å². The third-order valence-electron chi connectivity index (χ3n) is 4.81. The van der Waals surface area contributed by atoms with Crippen molar-refractivity contribution in [3.8, 4) is 11.5 Å². The number of aliphatic hydroxyl groups excluding tert-OH is 4. The quantitative estimate of drug-likeness (QED) is 0.368. The van der Waals surface area contributed by atoms with Crippen molar-refractivity contribution >= 4 is 0 Å². The average Bonchev–Trinajstić information content (AvgIpc) is 2.66. The monoisotopic (exact) mass is 394 g/mol. The van der Waals surface area contributed by atoms with E-state index in [-0.39, 0.29) is 17.1 Å². The van der Waals surface area contributed by atoms with Gasteiger partial charge in [-0.05, 0) is 37.0 Å². The third-order valence-corrected chi connectivity index (χ3v) is 4.81. The molecule has 0 bridgehead atoms. The summed E-state index contributed by atoms with van der Waals surface area (Å²) in [5.41, 5.74) is 0.615. The Morgan fingerprint density at radius 2 is 1.54 bits per heavy atom. The molecule has 5 atom stereocenters. The Bertz CT molecular complexity index is 660. The minimum absolute atomic E-state index is 0.0845. The number of benzene rings is 1. The molecule has 0 saturated carbocycles. The Morgan fingerprint density at radius 1 is 0.929 bits per heavy atom. The first-order valence-electron chi connectivity index (χ1n) is 9.57. The lowest BCUT2D eigenvalue weighted by Crippen LogP contribution is -2.55. The summed E-state index contributed by atoms with van der Waals surface area (Å²) in [6.45, 7) is 1.53. The zero-order chi connectivity index (χ0) is 20.7. The molecule has 7 heteroatoms. The fraction of sp³-hybridized carbons (Fsp3) is 0.524. The highest BCUT2D eigenvalue weighted by Crippen LogP contribution is 2.42. The number of aromatic hydroxyl groups is 2. The Hall–Kier alpha value is -1.90. The molecule has 1 aromatic carbocycles. The molecular weight excluding hydrogens is 364 g/mol. The van der Waals surface area contributed by atoms with E-state index in [0.29, 0.717) is 12.0 Å². The molecule has 1 aliphatic heterocycles. The number of rotatable bonds is 8. The van der Waals surface area contributed by atoms with Crippen LogP contribution in [0.3, 0.4) is 0 Å². The van der Waals surface area contributed by atoms with E-state index >= 15 is 0 Å². The average molecular weight is 394 g/mol. The van der Waals surface area contributed by atoms with E-state index in [1.807, 2.05) is 18.2 Å². The van der Waals surface area contributed by atoms with Gasteiger partial charge in [-0.15, -0.1) is 0 Å². The van der Waals surface area contributed by atoms with Crippen LogP contribution in [-0.2, 0) is 11.2 Å². The van der Waals surface area contributed by atoms with Gasteiger partial charge in [0.25, 0.3) is 0 Å². The van der Waals surface area contributed by atoms with Crippen molar-refractivity contribution in [1.29, 1.82) is 0 Å². The lowest BCUT2D eigenvalue weighted by molar-refractivity contribution is -0.232. The molecule has 1 aromatic rings. The number of allylic oxidation sites excluding steroid dienone is 4. The Balaban J connectivity index is 2.11. The number of aliphatic hydroxyl groups is 4. The van der Waals surface area contributed by atoms with Crippen molar-refractivity contribution in [1.82, 2.24) is 0 Å². The minimum Gasteiger partial charge on any atom is -0.507 e. The summed E-state index contributed by atoms with van der Waals surface area (Å²) in [6.07, 6.45) is 4.41. The molecule has 6 N–H and O–H groups in total. The first-order chi connectivity index (χ1) is 13.4. The molecule has 0 aliphatic carbocycles. The molecule has 1 heterocycles.